The van der Waals surface area contributed by atoms with Gasteiger partial charge in [-0.2, -0.15) is 13.2 Å². The Balaban J connectivity index is 1.94. The van der Waals surface area contributed by atoms with Crippen molar-refractivity contribution >= 4 is 11.9 Å². The molecular formula is C19H24F3NO3. The molecule has 0 aromatic heterocycles. The van der Waals surface area contributed by atoms with E-state index < -0.39 is 17.7 Å². The van der Waals surface area contributed by atoms with E-state index in [1.165, 1.54) is 12.1 Å². The molecule has 0 spiro atoms. The average molecular weight is 371 g/mol. The van der Waals surface area contributed by atoms with Crippen molar-refractivity contribution in [2.75, 3.05) is 13.1 Å². The molecule has 1 N–H and O–H groups in total. The van der Waals surface area contributed by atoms with E-state index in [0.29, 0.717) is 44.3 Å². The molecule has 1 aromatic carbocycles. The predicted octanol–water partition coefficient (Wildman–Crippen LogP) is 3.99. The molecule has 0 saturated carbocycles. The highest BCUT2D eigenvalue weighted by molar-refractivity contribution is 5.79. The van der Waals surface area contributed by atoms with Crippen LogP contribution >= 0.6 is 0 Å². The zero-order valence-corrected chi connectivity index (χ0v) is 14.8. The summed E-state index contributed by atoms with van der Waals surface area (Å²) in [7, 11) is 0. The van der Waals surface area contributed by atoms with Gasteiger partial charge in [0.25, 0.3) is 0 Å². The van der Waals surface area contributed by atoms with Gasteiger partial charge in [0.15, 0.2) is 0 Å². The van der Waals surface area contributed by atoms with Gasteiger partial charge in [-0.1, -0.05) is 19.1 Å². The van der Waals surface area contributed by atoms with E-state index in [4.69, 9.17) is 5.11 Å². The first kappa shape index (κ1) is 20.3. The van der Waals surface area contributed by atoms with Gasteiger partial charge >= 0.3 is 12.1 Å². The molecule has 1 aromatic rings. The van der Waals surface area contributed by atoms with Gasteiger partial charge in [0.2, 0.25) is 5.91 Å². The van der Waals surface area contributed by atoms with Gasteiger partial charge in [-0.05, 0) is 49.3 Å². The number of benzene rings is 1. The molecule has 1 aliphatic heterocycles. The van der Waals surface area contributed by atoms with Crippen molar-refractivity contribution in [3.05, 3.63) is 35.4 Å². The third-order valence-corrected chi connectivity index (χ3v) is 4.99. The summed E-state index contributed by atoms with van der Waals surface area (Å²) in [4.78, 5) is 25.3. The molecule has 1 unspecified atom stereocenters. The number of carboxylic acids is 1. The molecule has 0 radical (unpaired) electrons. The summed E-state index contributed by atoms with van der Waals surface area (Å²) in [5.41, 5.74) is 0.0140. The van der Waals surface area contributed by atoms with Crippen molar-refractivity contribution in [1.29, 1.82) is 0 Å². The number of carbonyl (C=O) groups excluding carboxylic acids is 1. The van der Waals surface area contributed by atoms with Gasteiger partial charge in [0.1, 0.15) is 0 Å². The number of carboxylic acid groups (broad SMARTS) is 1. The number of piperidine rings is 1. The Labute approximate surface area is 151 Å². The van der Waals surface area contributed by atoms with Crippen LogP contribution in [0, 0.1) is 11.8 Å². The third kappa shape index (κ3) is 5.47. The van der Waals surface area contributed by atoms with Crippen molar-refractivity contribution in [3.8, 4) is 0 Å². The summed E-state index contributed by atoms with van der Waals surface area (Å²) in [5, 5.41) is 8.85. The van der Waals surface area contributed by atoms with Crippen LogP contribution < -0.4 is 0 Å². The summed E-state index contributed by atoms with van der Waals surface area (Å²) in [6, 6.07) is 4.95. The van der Waals surface area contributed by atoms with Gasteiger partial charge < -0.3 is 10.0 Å². The lowest BCUT2D eigenvalue weighted by Gasteiger charge is -2.33. The molecule has 1 saturated heterocycles. The van der Waals surface area contributed by atoms with Crippen molar-refractivity contribution in [3.63, 3.8) is 0 Å². The number of hydrogen-bond acceptors (Lipinski definition) is 2. The molecule has 1 heterocycles. The van der Waals surface area contributed by atoms with E-state index >= 15 is 0 Å². The Morgan fingerprint density at radius 3 is 2.23 bits per heavy atom. The minimum atomic E-state index is -4.36. The molecule has 1 fully saturated rings. The van der Waals surface area contributed by atoms with Crippen LogP contribution in [0.1, 0.15) is 43.7 Å². The van der Waals surface area contributed by atoms with Gasteiger partial charge in [0, 0.05) is 25.4 Å². The second kappa shape index (κ2) is 8.56. The minimum absolute atomic E-state index is 0.00109. The Kier molecular flexibility index (Phi) is 6.67. The van der Waals surface area contributed by atoms with Crippen LogP contribution in [-0.4, -0.2) is 35.0 Å². The molecule has 0 aliphatic carbocycles. The highest BCUT2D eigenvalue weighted by Crippen LogP contribution is 2.30. The van der Waals surface area contributed by atoms with E-state index in [9.17, 15) is 22.8 Å². The van der Waals surface area contributed by atoms with Crippen molar-refractivity contribution in [2.45, 2.75) is 45.2 Å². The van der Waals surface area contributed by atoms with Crippen molar-refractivity contribution < 1.29 is 27.9 Å². The van der Waals surface area contributed by atoms with E-state index in [1.807, 2.05) is 6.92 Å². The summed E-state index contributed by atoms with van der Waals surface area (Å²) >= 11 is 0. The Hall–Kier alpha value is -2.05. The van der Waals surface area contributed by atoms with E-state index in [-0.39, 0.29) is 24.2 Å². The van der Waals surface area contributed by atoms with Gasteiger partial charge in [0.05, 0.1) is 5.56 Å². The van der Waals surface area contributed by atoms with Crippen LogP contribution in [0.25, 0.3) is 0 Å². The molecule has 4 nitrogen and oxygen atoms in total. The number of likely N-dealkylation sites (tertiary alicyclic amines) is 1. The molecule has 144 valence electrons. The van der Waals surface area contributed by atoms with Gasteiger partial charge in [-0.25, -0.2) is 0 Å². The number of rotatable bonds is 6. The zero-order chi connectivity index (χ0) is 19.3. The second-order valence-corrected chi connectivity index (χ2v) is 6.87. The Bertz CT molecular complexity index is 620. The monoisotopic (exact) mass is 371 g/mol. The van der Waals surface area contributed by atoms with Crippen LogP contribution in [0.5, 0.6) is 0 Å². The smallest absolute Gasteiger partial charge is 0.416 e. The standard InChI is InChI=1S/C19H24F3NO3/c1-2-15(11-13-3-5-16(6-4-13)19(20,21)22)18(26)23-9-7-14(8-10-23)12-17(24)25/h3-6,14-15H,2,7-12H2,1H3,(H,24,25). The van der Waals surface area contributed by atoms with E-state index in [0.717, 1.165) is 12.1 Å². The Morgan fingerprint density at radius 2 is 1.77 bits per heavy atom. The quantitative estimate of drug-likeness (QED) is 0.823. The molecule has 1 aliphatic rings. The SMILES string of the molecule is CCC(Cc1ccc(C(F)(F)F)cc1)C(=O)N1CCC(CC(=O)O)CC1. The lowest BCUT2D eigenvalue weighted by molar-refractivity contribution is -0.140. The fourth-order valence-electron chi connectivity index (χ4n) is 3.38. The number of nitrogens with zero attached hydrogens (tertiary/aromatic N) is 1. The van der Waals surface area contributed by atoms with Crippen LogP contribution in [0.4, 0.5) is 13.2 Å². The minimum Gasteiger partial charge on any atom is -0.481 e. The molecule has 7 heteroatoms. The highest BCUT2D eigenvalue weighted by atomic mass is 19.4. The first-order valence-electron chi connectivity index (χ1n) is 8.87. The largest absolute Gasteiger partial charge is 0.481 e. The molecule has 1 atom stereocenters. The lowest BCUT2D eigenvalue weighted by atomic mass is 9.90. The maximum absolute atomic E-state index is 12.7. The van der Waals surface area contributed by atoms with E-state index in [1.54, 1.807) is 4.90 Å². The van der Waals surface area contributed by atoms with Crippen LogP contribution in [-0.2, 0) is 22.2 Å². The second-order valence-electron chi connectivity index (χ2n) is 6.87. The fraction of sp³-hybridized carbons (Fsp3) is 0.579. The normalized spacial score (nSPS) is 17.2. The van der Waals surface area contributed by atoms with Crippen molar-refractivity contribution in [2.24, 2.45) is 11.8 Å². The van der Waals surface area contributed by atoms with Crippen LogP contribution in [0.15, 0.2) is 24.3 Å². The molecule has 26 heavy (non-hydrogen) atoms. The van der Waals surface area contributed by atoms with E-state index in [2.05, 4.69) is 0 Å². The third-order valence-electron chi connectivity index (χ3n) is 4.99. The number of halogens is 3. The molecule has 0 bridgehead atoms. The maximum atomic E-state index is 12.7. The number of alkyl halides is 3. The lowest BCUT2D eigenvalue weighted by Crippen LogP contribution is -2.42. The summed E-state index contributed by atoms with van der Waals surface area (Å²) in [6.45, 7) is 2.98. The average Bonchev–Trinajstić information content (AvgIpc) is 2.59. The first-order chi connectivity index (χ1) is 12.2. The summed E-state index contributed by atoms with van der Waals surface area (Å²) in [5.74, 6) is -0.987. The Morgan fingerprint density at radius 1 is 1.19 bits per heavy atom. The summed E-state index contributed by atoms with van der Waals surface area (Å²) < 4.78 is 37.9. The first-order valence-corrected chi connectivity index (χ1v) is 8.87. The van der Waals surface area contributed by atoms with Crippen molar-refractivity contribution in [1.82, 2.24) is 4.90 Å². The summed E-state index contributed by atoms with van der Waals surface area (Å²) in [6.07, 6.45) is -1.87. The zero-order valence-electron chi connectivity index (χ0n) is 14.8. The highest BCUT2D eigenvalue weighted by Gasteiger charge is 2.31. The number of aliphatic carboxylic acids is 1. The van der Waals surface area contributed by atoms with Gasteiger partial charge in [-0.3, -0.25) is 9.59 Å². The molecule has 2 rings (SSSR count). The van der Waals surface area contributed by atoms with Crippen LogP contribution in [0.2, 0.25) is 0 Å². The van der Waals surface area contributed by atoms with Gasteiger partial charge in [-0.15, -0.1) is 0 Å². The predicted molar refractivity (Wildman–Crippen MR) is 90.5 cm³/mol. The fourth-order valence-corrected chi connectivity index (χ4v) is 3.38. The molecule has 1 amide bonds. The van der Waals surface area contributed by atoms with Crippen LogP contribution in [0.3, 0.4) is 0 Å². The number of amides is 1. The number of hydrogen-bond donors (Lipinski definition) is 1. The number of carbonyl (C=O) groups is 2. The maximum Gasteiger partial charge on any atom is 0.416 e. The molecular weight excluding hydrogens is 347 g/mol. The topological polar surface area (TPSA) is 57.6 Å².